The molecule has 0 spiro atoms. The highest BCUT2D eigenvalue weighted by Crippen LogP contribution is 2.30. The molecule has 0 saturated carbocycles. The highest BCUT2D eigenvalue weighted by molar-refractivity contribution is 6.15. The topological polar surface area (TPSA) is 67.9 Å². The number of cyclic esters (lactones) is 2. The smallest absolute Gasteiger partial charge is 0.350 e. The van der Waals surface area contributed by atoms with Gasteiger partial charge in [0.1, 0.15) is 0 Å². The standard InChI is InChI=1S/C19H24N2O4/c1-13-7-6-10-21(12-13)16-9-5-4-8-15(16)20-11-14-17(22)24-19(2,3)25-18(14)23/h4-5,8-9,11,13,20H,6-7,10,12H2,1-3H3. The number of para-hydroxylation sites is 2. The SMILES string of the molecule is CC1CCCN(c2ccccc2NC=C2C(=O)OC(C)(C)OC2=O)C1. The van der Waals surface area contributed by atoms with Crippen LogP contribution < -0.4 is 10.2 Å². The Kier molecular flexibility index (Phi) is 4.70. The van der Waals surface area contributed by atoms with Crippen LogP contribution >= 0.6 is 0 Å². The van der Waals surface area contributed by atoms with Gasteiger partial charge in [0, 0.05) is 33.1 Å². The van der Waals surface area contributed by atoms with Crippen molar-refractivity contribution in [2.45, 2.75) is 39.4 Å². The van der Waals surface area contributed by atoms with Crippen LogP contribution in [-0.2, 0) is 19.1 Å². The molecular formula is C19H24N2O4. The Bertz CT molecular complexity index is 689. The summed E-state index contributed by atoms with van der Waals surface area (Å²) in [6.45, 7) is 7.30. The monoisotopic (exact) mass is 344 g/mol. The number of carbonyl (C=O) groups is 2. The molecule has 1 aromatic rings. The first-order valence-corrected chi connectivity index (χ1v) is 8.63. The van der Waals surface area contributed by atoms with Crippen LogP contribution in [0.15, 0.2) is 36.0 Å². The number of benzene rings is 1. The lowest BCUT2D eigenvalue weighted by atomic mass is 9.99. The van der Waals surface area contributed by atoms with Crippen molar-refractivity contribution < 1.29 is 19.1 Å². The number of nitrogens with one attached hydrogen (secondary N) is 1. The molecule has 0 aliphatic carbocycles. The molecule has 2 aliphatic heterocycles. The molecule has 0 radical (unpaired) electrons. The van der Waals surface area contributed by atoms with E-state index in [9.17, 15) is 9.59 Å². The predicted molar refractivity (Wildman–Crippen MR) is 95.0 cm³/mol. The van der Waals surface area contributed by atoms with Crippen LogP contribution in [0.4, 0.5) is 11.4 Å². The number of ether oxygens (including phenoxy) is 2. The normalized spacial score (nSPS) is 22.9. The van der Waals surface area contributed by atoms with Gasteiger partial charge in [0.25, 0.3) is 5.79 Å². The highest BCUT2D eigenvalue weighted by atomic mass is 16.7. The fraction of sp³-hybridized carbons (Fsp3) is 0.474. The highest BCUT2D eigenvalue weighted by Gasteiger charge is 2.39. The summed E-state index contributed by atoms with van der Waals surface area (Å²) in [5.41, 5.74) is 1.76. The van der Waals surface area contributed by atoms with Crippen molar-refractivity contribution in [3.05, 3.63) is 36.0 Å². The van der Waals surface area contributed by atoms with Gasteiger partial charge >= 0.3 is 11.9 Å². The van der Waals surface area contributed by atoms with Gasteiger partial charge in [-0.15, -0.1) is 0 Å². The summed E-state index contributed by atoms with van der Waals surface area (Å²) in [7, 11) is 0. The molecule has 3 rings (SSSR count). The van der Waals surface area contributed by atoms with Crippen LogP contribution in [0.2, 0.25) is 0 Å². The van der Waals surface area contributed by atoms with Crippen molar-refractivity contribution in [3.8, 4) is 0 Å². The summed E-state index contributed by atoms with van der Waals surface area (Å²) >= 11 is 0. The molecule has 2 heterocycles. The Balaban J connectivity index is 1.80. The zero-order valence-corrected chi connectivity index (χ0v) is 14.9. The van der Waals surface area contributed by atoms with Crippen molar-refractivity contribution in [1.82, 2.24) is 0 Å². The Morgan fingerprint density at radius 1 is 1.20 bits per heavy atom. The second-order valence-corrected chi connectivity index (χ2v) is 7.09. The predicted octanol–water partition coefficient (Wildman–Crippen LogP) is 3.05. The Hall–Kier alpha value is -2.50. The molecule has 1 atom stereocenters. The van der Waals surface area contributed by atoms with Crippen LogP contribution in [0.5, 0.6) is 0 Å². The van der Waals surface area contributed by atoms with Crippen molar-refractivity contribution in [3.63, 3.8) is 0 Å². The minimum atomic E-state index is -1.23. The van der Waals surface area contributed by atoms with Crippen LogP contribution in [0.1, 0.15) is 33.6 Å². The molecular weight excluding hydrogens is 320 g/mol. The van der Waals surface area contributed by atoms with E-state index >= 15 is 0 Å². The van der Waals surface area contributed by atoms with Gasteiger partial charge in [-0.2, -0.15) is 0 Å². The number of hydrogen-bond donors (Lipinski definition) is 1. The maximum atomic E-state index is 12.0. The molecule has 2 aliphatic rings. The summed E-state index contributed by atoms with van der Waals surface area (Å²) in [5, 5.41) is 3.08. The van der Waals surface area contributed by atoms with Crippen molar-refractivity contribution in [2.75, 3.05) is 23.3 Å². The van der Waals surface area contributed by atoms with Gasteiger partial charge < -0.3 is 19.7 Å². The average Bonchev–Trinajstić information content (AvgIpc) is 2.53. The molecule has 1 N–H and O–H groups in total. The van der Waals surface area contributed by atoms with E-state index in [-0.39, 0.29) is 5.57 Å². The van der Waals surface area contributed by atoms with Crippen LogP contribution in [0, 0.1) is 5.92 Å². The zero-order chi connectivity index (χ0) is 18.0. The third-order valence-corrected chi connectivity index (χ3v) is 4.39. The van der Waals surface area contributed by atoms with Gasteiger partial charge in [-0.3, -0.25) is 0 Å². The number of rotatable bonds is 3. The molecule has 6 nitrogen and oxygen atoms in total. The van der Waals surface area contributed by atoms with Gasteiger partial charge in [-0.25, -0.2) is 9.59 Å². The van der Waals surface area contributed by atoms with Gasteiger partial charge in [-0.1, -0.05) is 19.1 Å². The van der Waals surface area contributed by atoms with E-state index < -0.39 is 17.7 Å². The molecule has 2 fully saturated rings. The molecule has 134 valence electrons. The first-order chi connectivity index (χ1) is 11.9. The van der Waals surface area contributed by atoms with Gasteiger partial charge in [0.15, 0.2) is 5.57 Å². The van der Waals surface area contributed by atoms with Crippen LogP contribution in [0.3, 0.4) is 0 Å². The van der Waals surface area contributed by atoms with Crippen LogP contribution in [0.25, 0.3) is 0 Å². The average molecular weight is 344 g/mol. The molecule has 0 aromatic heterocycles. The minimum Gasteiger partial charge on any atom is -0.419 e. The van der Waals surface area contributed by atoms with E-state index in [1.807, 2.05) is 24.3 Å². The second kappa shape index (κ2) is 6.78. The minimum absolute atomic E-state index is 0.138. The third-order valence-electron chi connectivity index (χ3n) is 4.39. The Morgan fingerprint density at radius 2 is 1.88 bits per heavy atom. The summed E-state index contributed by atoms with van der Waals surface area (Å²) in [5.74, 6) is -1.95. The lowest BCUT2D eigenvalue weighted by molar-refractivity contribution is -0.222. The van der Waals surface area contributed by atoms with Gasteiger partial charge in [0.2, 0.25) is 0 Å². The number of hydrogen-bond acceptors (Lipinski definition) is 6. The Labute approximate surface area is 147 Å². The summed E-state index contributed by atoms with van der Waals surface area (Å²) in [6.07, 6.45) is 3.76. The second-order valence-electron chi connectivity index (χ2n) is 7.09. The molecule has 6 heteroatoms. The zero-order valence-electron chi connectivity index (χ0n) is 14.9. The molecule has 1 aromatic carbocycles. The fourth-order valence-corrected chi connectivity index (χ4v) is 3.21. The third kappa shape index (κ3) is 3.95. The fourth-order valence-electron chi connectivity index (χ4n) is 3.21. The maximum Gasteiger partial charge on any atom is 0.350 e. The Morgan fingerprint density at radius 3 is 2.56 bits per heavy atom. The molecule has 0 amide bonds. The summed E-state index contributed by atoms with van der Waals surface area (Å²) in [6, 6.07) is 7.87. The largest absolute Gasteiger partial charge is 0.419 e. The molecule has 25 heavy (non-hydrogen) atoms. The van der Waals surface area contributed by atoms with E-state index in [4.69, 9.17) is 9.47 Å². The molecule has 1 unspecified atom stereocenters. The van der Waals surface area contributed by atoms with Crippen molar-refractivity contribution in [2.24, 2.45) is 5.92 Å². The van der Waals surface area contributed by atoms with Crippen molar-refractivity contribution >= 4 is 23.3 Å². The first-order valence-electron chi connectivity index (χ1n) is 8.63. The van der Waals surface area contributed by atoms with E-state index in [0.29, 0.717) is 5.92 Å². The van der Waals surface area contributed by atoms with E-state index in [1.54, 1.807) is 0 Å². The van der Waals surface area contributed by atoms with E-state index in [1.165, 1.54) is 26.5 Å². The number of carbonyl (C=O) groups excluding carboxylic acids is 2. The van der Waals surface area contributed by atoms with E-state index in [2.05, 4.69) is 17.1 Å². The van der Waals surface area contributed by atoms with Gasteiger partial charge in [-0.05, 0) is 30.9 Å². The maximum absolute atomic E-state index is 12.0. The molecule has 0 bridgehead atoms. The number of esters is 2. The lowest BCUT2D eigenvalue weighted by Gasteiger charge is -2.34. The number of anilines is 2. The first kappa shape index (κ1) is 17.3. The summed E-state index contributed by atoms with van der Waals surface area (Å²) in [4.78, 5) is 26.4. The van der Waals surface area contributed by atoms with Crippen molar-refractivity contribution in [1.29, 1.82) is 0 Å². The quantitative estimate of drug-likeness (QED) is 0.516. The van der Waals surface area contributed by atoms with E-state index in [0.717, 1.165) is 30.9 Å². The van der Waals surface area contributed by atoms with Gasteiger partial charge in [0.05, 0.1) is 11.4 Å². The summed E-state index contributed by atoms with van der Waals surface area (Å²) < 4.78 is 10.2. The lowest BCUT2D eigenvalue weighted by Crippen LogP contribution is -2.42. The van der Waals surface area contributed by atoms with Crippen LogP contribution in [-0.4, -0.2) is 30.8 Å². The number of piperidine rings is 1. The molecule has 2 saturated heterocycles. The number of nitrogens with zero attached hydrogens (tertiary/aromatic N) is 1.